The molecule has 0 saturated heterocycles. The van der Waals surface area contributed by atoms with Gasteiger partial charge in [-0.1, -0.05) is 30.3 Å². The Morgan fingerprint density at radius 3 is 2.64 bits per heavy atom. The van der Waals surface area contributed by atoms with Crippen LogP contribution in [0.1, 0.15) is 17.5 Å². The minimum atomic E-state index is -3.15. The van der Waals surface area contributed by atoms with E-state index in [9.17, 15) is 13.2 Å². The Hall–Kier alpha value is -2.14. The number of carbonyl (C=O) groups excluding carboxylic acids is 1. The van der Waals surface area contributed by atoms with E-state index in [0.29, 0.717) is 23.4 Å². The van der Waals surface area contributed by atoms with Crippen LogP contribution in [-0.4, -0.2) is 20.1 Å². The predicted molar refractivity (Wildman–Crippen MR) is 85.6 cm³/mol. The molecule has 1 amide bonds. The second-order valence-corrected chi connectivity index (χ2v) is 7.53. The second kappa shape index (κ2) is 5.93. The Morgan fingerprint density at radius 2 is 1.86 bits per heavy atom. The van der Waals surface area contributed by atoms with E-state index >= 15 is 0 Å². The topological polar surface area (TPSA) is 63.2 Å². The van der Waals surface area contributed by atoms with Crippen molar-refractivity contribution >= 4 is 21.4 Å². The molecule has 0 atom stereocenters. The number of benzene rings is 2. The molecular formula is C17H17NO3S. The number of hydrogen-bond donors (Lipinski definition) is 1. The van der Waals surface area contributed by atoms with E-state index < -0.39 is 9.84 Å². The molecule has 0 saturated carbocycles. The molecule has 3 rings (SSSR count). The van der Waals surface area contributed by atoms with E-state index in [-0.39, 0.29) is 11.7 Å². The van der Waals surface area contributed by atoms with Crippen LogP contribution in [-0.2, 0) is 27.5 Å². The maximum atomic E-state index is 12.0. The van der Waals surface area contributed by atoms with Crippen molar-refractivity contribution in [2.75, 3.05) is 11.1 Å². The number of rotatable bonds is 3. The number of aryl methyl sites for hydroxylation is 1. The zero-order valence-electron chi connectivity index (χ0n) is 12.1. The minimum Gasteiger partial charge on any atom is -0.326 e. The predicted octanol–water partition coefficient (Wildman–Crippen LogP) is 2.59. The number of fused-ring (bicyclic) bond motifs is 1. The first kappa shape index (κ1) is 14.8. The normalized spacial score (nSPS) is 15.8. The number of nitrogens with one attached hydrogen (secondary N) is 1. The van der Waals surface area contributed by atoms with Crippen molar-refractivity contribution in [1.82, 2.24) is 0 Å². The Bertz CT molecular complexity index is 798. The molecule has 1 heterocycles. The van der Waals surface area contributed by atoms with Gasteiger partial charge in [0, 0.05) is 5.69 Å². The Kier molecular flexibility index (Phi) is 3.98. The summed E-state index contributed by atoms with van der Waals surface area (Å²) in [4.78, 5) is 12.5. The van der Waals surface area contributed by atoms with Gasteiger partial charge in [-0.15, -0.1) is 0 Å². The van der Waals surface area contributed by atoms with Crippen molar-refractivity contribution < 1.29 is 13.2 Å². The third kappa shape index (κ3) is 3.20. The third-order valence-electron chi connectivity index (χ3n) is 3.75. The first-order valence-corrected chi connectivity index (χ1v) is 8.89. The number of anilines is 1. The minimum absolute atomic E-state index is 0.107. The summed E-state index contributed by atoms with van der Waals surface area (Å²) in [6.45, 7) is 0. The lowest BCUT2D eigenvalue weighted by Gasteiger charge is -2.17. The summed E-state index contributed by atoms with van der Waals surface area (Å²) in [5.41, 5.74) is 2.39. The van der Waals surface area contributed by atoms with Crippen LogP contribution in [0, 0.1) is 0 Å². The maximum absolute atomic E-state index is 12.0. The lowest BCUT2D eigenvalue weighted by Crippen LogP contribution is -2.18. The van der Waals surface area contributed by atoms with Crippen LogP contribution in [0.3, 0.4) is 0 Å². The summed E-state index contributed by atoms with van der Waals surface area (Å²) < 4.78 is 23.9. The van der Waals surface area contributed by atoms with Gasteiger partial charge in [-0.2, -0.15) is 0 Å². The average molecular weight is 315 g/mol. The molecule has 2 aromatic rings. The fraction of sp³-hybridized carbons (Fsp3) is 0.235. The molecule has 0 bridgehead atoms. The van der Waals surface area contributed by atoms with E-state index in [4.69, 9.17) is 0 Å². The van der Waals surface area contributed by atoms with E-state index in [2.05, 4.69) is 5.32 Å². The van der Waals surface area contributed by atoms with Crippen LogP contribution in [0.4, 0.5) is 5.69 Å². The molecule has 0 aliphatic carbocycles. The zero-order chi connectivity index (χ0) is 15.6. The summed E-state index contributed by atoms with van der Waals surface area (Å²) >= 11 is 0. The van der Waals surface area contributed by atoms with Crippen molar-refractivity contribution in [3.8, 4) is 0 Å². The van der Waals surface area contributed by atoms with Crippen LogP contribution >= 0.6 is 0 Å². The molecule has 0 unspecified atom stereocenters. The Balaban J connectivity index is 1.75. The molecule has 22 heavy (non-hydrogen) atoms. The molecule has 1 aliphatic rings. The number of carbonyl (C=O) groups is 1. The molecule has 0 aromatic heterocycles. The van der Waals surface area contributed by atoms with E-state index in [0.717, 1.165) is 17.5 Å². The van der Waals surface area contributed by atoms with Crippen LogP contribution in [0.2, 0.25) is 0 Å². The molecular weight excluding hydrogens is 298 g/mol. The highest BCUT2D eigenvalue weighted by molar-refractivity contribution is 7.91. The highest BCUT2D eigenvalue weighted by atomic mass is 32.2. The first-order chi connectivity index (χ1) is 10.5. The molecule has 0 fully saturated rings. The van der Waals surface area contributed by atoms with Crippen molar-refractivity contribution in [2.45, 2.75) is 24.2 Å². The van der Waals surface area contributed by atoms with Crippen molar-refractivity contribution in [3.63, 3.8) is 0 Å². The number of hydrogen-bond acceptors (Lipinski definition) is 3. The second-order valence-electron chi connectivity index (χ2n) is 5.46. The third-order valence-corrected chi connectivity index (χ3v) is 5.64. The SMILES string of the molecule is O=C(Cc1ccccc1)Nc1ccc2c(c1)CCCS2(=O)=O. The standard InChI is InChI=1S/C17H17NO3S/c19-17(11-13-5-2-1-3-6-13)18-15-8-9-16-14(12-15)7-4-10-22(16,20)21/h1-3,5-6,8-9,12H,4,7,10-11H2,(H,18,19). The fourth-order valence-corrected chi connectivity index (χ4v) is 4.29. The quantitative estimate of drug-likeness (QED) is 0.947. The monoisotopic (exact) mass is 315 g/mol. The van der Waals surface area contributed by atoms with Crippen LogP contribution in [0.5, 0.6) is 0 Å². The molecule has 114 valence electrons. The van der Waals surface area contributed by atoms with Gasteiger partial charge in [-0.25, -0.2) is 8.42 Å². The van der Waals surface area contributed by atoms with Crippen molar-refractivity contribution in [3.05, 3.63) is 59.7 Å². The lowest BCUT2D eigenvalue weighted by atomic mass is 10.1. The summed E-state index contributed by atoms with van der Waals surface area (Å²) in [7, 11) is -3.15. The molecule has 5 heteroatoms. The largest absolute Gasteiger partial charge is 0.326 e. The van der Waals surface area contributed by atoms with Crippen LogP contribution < -0.4 is 5.32 Å². The molecule has 0 radical (unpaired) electrons. The van der Waals surface area contributed by atoms with Gasteiger partial charge in [0.2, 0.25) is 5.91 Å². The van der Waals surface area contributed by atoms with Gasteiger partial charge >= 0.3 is 0 Å². The first-order valence-electron chi connectivity index (χ1n) is 7.24. The van der Waals surface area contributed by atoms with Crippen LogP contribution in [0.15, 0.2) is 53.4 Å². The maximum Gasteiger partial charge on any atom is 0.228 e. The zero-order valence-corrected chi connectivity index (χ0v) is 12.9. The van der Waals surface area contributed by atoms with Gasteiger partial charge in [-0.05, 0) is 42.2 Å². The van der Waals surface area contributed by atoms with E-state index in [1.165, 1.54) is 0 Å². The number of sulfone groups is 1. The molecule has 4 nitrogen and oxygen atoms in total. The number of amides is 1. The summed E-state index contributed by atoms with van der Waals surface area (Å²) in [5.74, 6) is 0.101. The van der Waals surface area contributed by atoms with Gasteiger partial charge < -0.3 is 5.32 Å². The van der Waals surface area contributed by atoms with Crippen molar-refractivity contribution in [2.24, 2.45) is 0 Å². The van der Waals surface area contributed by atoms with Gasteiger partial charge in [0.25, 0.3) is 0 Å². The van der Waals surface area contributed by atoms with E-state index in [1.807, 2.05) is 30.3 Å². The van der Waals surface area contributed by atoms with E-state index in [1.54, 1.807) is 18.2 Å². The van der Waals surface area contributed by atoms with Crippen LogP contribution in [0.25, 0.3) is 0 Å². The highest BCUT2D eigenvalue weighted by Gasteiger charge is 2.23. The Morgan fingerprint density at radius 1 is 1.09 bits per heavy atom. The summed E-state index contributed by atoms with van der Waals surface area (Å²) in [5, 5.41) is 2.83. The van der Waals surface area contributed by atoms with Crippen molar-refractivity contribution in [1.29, 1.82) is 0 Å². The molecule has 2 aromatic carbocycles. The van der Waals surface area contributed by atoms with Gasteiger partial charge in [0.05, 0.1) is 17.1 Å². The van der Waals surface area contributed by atoms with Gasteiger partial charge in [0.1, 0.15) is 0 Å². The van der Waals surface area contributed by atoms with Gasteiger partial charge in [0.15, 0.2) is 9.84 Å². The highest BCUT2D eigenvalue weighted by Crippen LogP contribution is 2.27. The fourth-order valence-electron chi connectivity index (χ4n) is 2.71. The average Bonchev–Trinajstić information content (AvgIpc) is 2.47. The van der Waals surface area contributed by atoms with Gasteiger partial charge in [-0.3, -0.25) is 4.79 Å². The lowest BCUT2D eigenvalue weighted by molar-refractivity contribution is -0.115. The molecule has 0 spiro atoms. The summed E-state index contributed by atoms with van der Waals surface area (Å²) in [6, 6.07) is 14.5. The smallest absolute Gasteiger partial charge is 0.228 e. The molecule has 1 N–H and O–H groups in total. The summed E-state index contributed by atoms with van der Waals surface area (Å²) in [6.07, 6.45) is 1.67. The Labute approximate surface area is 130 Å². The molecule has 1 aliphatic heterocycles.